The Balaban J connectivity index is 2.24. The fourth-order valence-electron chi connectivity index (χ4n) is 1.98. The maximum absolute atomic E-state index is 12.4. The normalized spacial score (nSPS) is 11.8. The van der Waals surface area contributed by atoms with Gasteiger partial charge in [-0.3, -0.25) is 9.78 Å². The van der Waals surface area contributed by atoms with E-state index in [1.165, 1.54) is 0 Å². The van der Waals surface area contributed by atoms with Gasteiger partial charge >= 0.3 is 0 Å². The van der Waals surface area contributed by atoms with Crippen molar-refractivity contribution < 1.29 is 4.79 Å². The predicted molar refractivity (Wildman–Crippen MR) is 72.8 cm³/mol. The average molecular weight is 261 g/mol. The summed E-state index contributed by atoms with van der Waals surface area (Å²) in [6.45, 7) is 5.20. The fourth-order valence-corrected chi connectivity index (χ4v) is 1.98. The van der Waals surface area contributed by atoms with Crippen LogP contribution >= 0.6 is 0 Å². The molecule has 0 bridgehead atoms. The van der Waals surface area contributed by atoms with E-state index in [2.05, 4.69) is 10.1 Å². The van der Waals surface area contributed by atoms with Crippen molar-refractivity contribution in [3.05, 3.63) is 30.4 Å². The molecule has 0 aliphatic rings. The largest absolute Gasteiger partial charge is 0.341 e. The minimum Gasteiger partial charge on any atom is -0.341 e. The minimum absolute atomic E-state index is 0.0653. The third-order valence-corrected chi connectivity index (χ3v) is 3.12. The average Bonchev–Trinajstić information content (AvgIpc) is 2.81. The SMILES string of the molecule is CN(CC(C)(C)CN)C(=O)c1cnn2ccncc12. The van der Waals surface area contributed by atoms with E-state index in [9.17, 15) is 4.79 Å². The predicted octanol–water partition coefficient (Wildman–Crippen LogP) is 0.786. The molecule has 2 aromatic rings. The highest BCUT2D eigenvalue weighted by Crippen LogP contribution is 2.17. The van der Waals surface area contributed by atoms with Gasteiger partial charge in [-0.15, -0.1) is 0 Å². The first-order chi connectivity index (χ1) is 8.94. The van der Waals surface area contributed by atoms with Crippen LogP contribution in [-0.2, 0) is 0 Å². The molecule has 0 spiro atoms. The molecule has 1 amide bonds. The molecule has 0 saturated heterocycles. The Hall–Kier alpha value is -1.95. The van der Waals surface area contributed by atoms with E-state index in [1.807, 2.05) is 13.8 Å². The van der Waals surface area contributed by atoms with E-state index in [-0.39, 0.29) is 11.3 Å². The number of fused-ring (bicyclic) bond motifs is 1. The molecule has 0 aliphatic carbocycles. The molecule has 0 saturated carbocycles. The number of amides is 1. The van der Waals surface area contributed by atoms with Crippen LogP contribution in [0.2, 0.25) is 0 Å². The zero-order valence-corrected chi connectivity index (χ0v) is 11.5. The van der Waals surface area contributed by atoms with Crippen molar-refractivity contribution in [2.24, 2.45) is 11.1 Å². The van der Waals surface area contributed by atoms with Gasteiger partial charge in [0.1, 0.15) is 0 Å². The zero-order valence-electron chi connectivity index (χ0n) is 11.5. The summed E-state index contributed by atoms with van der Waals surface area (Å²) in [5.74, 6) is -0.0653. The number of nitrogens with zero attached hydrogens (tertiary/aromatic N) is 4. The molecule has 102 valence electrons. The quantitative estimate of drug-likeness (QED) is 0.882. The first-order valence-electron chi connectivity index (χ1n) is 6.17. The van der Waals surface area contributed by atoms with Crippen LogP contribution in [0, 0.1) is 5.41 Å². The number of aromatic nitrogens is 3. The molecule has 2 N–H and O–H groups in total. The molecule has 6 heteroatoms. The van der Waals surface area contributed by atoms with E-state index < -0.39 is 0 Å². The topological polar surface area (TPSA) is 76.5 Å². The van der Waals surface area contributed by atoms with E-state index in [0.717, 1.165) is 0 Å². The maximum atomic E-state index is 12.4. The number of carbonyl (C=O) groups excluding carboxylic acids is 1. The summed E-state index contributed by atoms with van der Waals surface area (Å²) in [6, 6.07) is 0. The van der Waals surface area contributed by atoms with Crippen LogP contribution in [0.3, 0.4) is 0 Å². The summed E-state index contributed by atoms with van der Waals surface area (Å²) in [7, 11) is 1.78. The summed E-state index contributed by atoms with van der Waals surface area (Å²) >= 11 is 0. The van der Waals surface area contributed by atoms with Crippen molar-refractivity contribution in [1.82, 2.24) is 19.5 Å². The number of hydrogen-bond acceptors (Lipinski definition) is 4. The maximum Gasteiger partial charge on any atom is 0.257 e. The highest BCUT2D eigenvalue weighted by Gasteiger charge is 2.23. The molecular weight excluding hydrogens is 242 g/mol. The van der Waals surface area contributed by atoms with E-state index in [0.29, 0.717) is 24.2 Å². The number of nitrogens with two attached hydrogens (primary N) is 1. The summed E-state index contributed by atoms with van der Waals surface area (Å²) in [5, 5.41) is 4.14. The molecule has 0 unspecified atom stereocenters. The second-order valence-electron chi connectivity index (χ2n) is 5.49. The van der Waals surface area contributed by atoms with Crippen molar-refractivity contribution in [2.45, 2.75) is 13.8 Å². The standard InChI is InChI=1S/C13H19N5O/c1-13(2,8-14)9-17(3)12(19)10-6-16-18-5-4-15-7-11(10)18/h4-7H,8-9,14H2,1-3H3. The molecular formula is C13H19N5O. The van der Waals surface area contributed by atoms with Crippen LogP contribution in [-0.4, -0.2) is 45.5 Å². The van der Waals surface area contributed by atoms with Crippen LogP contribution in [0.15, 0.2) is 24.8 Å². The second kappa shape index (κ2) is 4.97. The lowest BCUT2D eigenvalue weighted by molar-refractivity contribution is 0.0742. The van der Waals surface area contributed by atoms with Gasteiger partial charge in [-0.25, -0.2) is 4.52 Å². The van der Waals surface area contributed by atoms with Gasteiger partial charge < -0.3 is 10.6 Å². The molecule has 0 aliphatic heterocycles. The summed E-state index contributed by atoms with van der Waals surface area (Å²) < 4.78 is 1.64. The van der Waals surface area contributed by atoms with Crippen molar-refractivity contribution in [2.75, 3.05) is 20.1 Å². The monoisotopic (exact) mass is 261 g/mol. The van der Waals surface area contributed by atoms with Crippen LogP contribution in [0.5, 0.6) is 0 Å². The van der Waals surface area contributed by atoms with E-state index in [1.54, 1.807) is 41.3 Å². The molecule has 0 radical (unpaired) electrons. The highest BCUT2D eigenvalue weighted by molar-refractivity contribution is 6.00. The second-order valence-corrected chi connectivity index (χ2v) is 5.49. The van der Waals surface area contributed by atoms with Crippen LogP contribution in [0.25, 0.3) is 5.52 Å². The van der Waals surface area contributed by atoms with Crippen molar-refractivity contribution in [1.29, 1.82) is 0 Å². The van der Waals surface area contributed by atoms with Gasteiger partial charge in [-0.2, -0.15) is 5.10 Å². The Kier molecular flexibility index (Phi) is 3.53. The third kappa shape index (κ3) is 2.73. The third-order valence-electron chi connectivity index (χ3n) is 3.12. The van der Waals surface area contributed by atoms with Gasteiger partial charge in [0.05, 0.1) is 23.5 Å². The van der Waals surface area contributed by atoms with Gasteiger partial charge in [0.25, 0.3) is 5.91 Å². The van der Waals surface area contributed by atoms with Gasteiger partial charge in [0.15, 0.2) is 0 Å². The summed E-state index contributed by atoms with van der Waals surface area (Å²) in [5.41, 5.74) is 6.87. The van der Waals surface area contributed by atoms with Gasteiger partial charge in [-0.05, 0) is 12.0 Å². The van der Waals surface area contributed by atoms with Crippen LogP contribution in [0.4, 0.5) is 0 Å². The first kappa shape index (κ1) is 13.5. The van der Waals surface area contributed by atoms with Crippen molar-refractivity contribution in [3.8, 4) is 0 Å². The van der Waals surface area contributed by atoms with Gasteiger partial charge in [-0.1, -0.05) is 13.8 Å². The number of carbonyl (C=O) groups is 1. The van der Waals surface area contributed by atoms with Crippen LogP contribution in [0.1, 0.15) is 24.2 Å². The molecule has 2 rings (SSSR count). The molecule has 0 atom stereocenters. The lowest BCUT2D eigenvalue weighted by atomic mass is 9.93. The Morgan fingerprint density at radius 2 is 2.21 bits per heavy atom. The zero-order chi connectivity index (χ0) is 14.0. The molecule has 2 heterocycles. The Bertz CT molecular complexity index is 589. The summed E-state index contributed by atoms with van der Waals surface area (Å²) in [4.78, 5) is 18.1. The number of rotatable bonds is 4. The van der Waals surface area contributed by atoms with Crippen LogP contribution < -0.4 is 5.73 Å². The van der Waals surface area contributed by atoms with Gasteiger partial charge in [0, 0.05) is 26.0 Å². The van der Waals surface area contributed by atoms with Crippen molar-refractivity contribution in [3.63, 3.8) is 0 Å². The Morgan fingerprint density at radius 3 is 2.89 bits per heavy atom. The van der Waals surface area contributed by atoms with Crippen molar-refractivity contribution >= 4 is 11.4 Å². The lowest BCUT2D eigenvalue weighted by Gasteiger charge is -2.28. The lowest BCUT2D eigenvalue weighted by Crippen LogP contribution is -2.39. The van der Waals surface area contributed by atoms with E-state index >= 15 is 0 Å². The molecule has 2 aromatic heterocycles. The smallest absolute Gasteiger partial charge is 0.257 e. The van der Waals surface area contributed by atoms with E-state index in [4.69, 9.17) is 5.73 Å². The minimum atomic E-state index is -0.106. The fraction of sp³-hybridized carbons (Fsp3) is 0.462. The Labute approximate surface area is 112 Å². The summed E-state index contributed by atoms with van der Waals surface area (Å²) in [6.07, 6.45) is 6.57. The Morgan fingerprint density at radius 1 is 1.47 bits per heavy atom. The molecule has 0 fully saturated rings. The first-order valence-corrected chi connectivity index (χ1v) is 6.17. The number of hydrogen-bond donors (Lipinski definition) is 1. The molecule has 0 aromatic carbocycles. The molecule has 19 heavy (non-hydrogen) atoms. The van der Waals surface area contributed by atoms with Gasteiger partial charge in [0.2, 0.25) is 0 Å². The molecule has 6 nitrogen and oxygen atoms in total. The highest BCUT2D eigenvalue weighted by atomic mass is 16.2.